The highest BCUT2D eigenvalue weighted by Crippen LogP contribution is 2.30. The monoisotopic (exact) mass is 272 g/mol. The van der Waals surface area contributed by atoms with Crippen molar-refractivity contribution in [1.29, 1.82) is 0 Å². The van der Waals surface area contributed by atoms with Crippen molar-refractivity contribution in [3.05, 3.63) is 0 Å². The molecular formula is C12H20N2O3S. The number of hydrogen-bond acceptors (Lipinski definition) is 3. The first-order chi connectivity index (χ1) is 8.51. The van der Waals surface area contributed by atoms with Crippen LogP contribution in [0.2, 0.25) is 0 Å². The predicted molar refractivity (Wildman–Crippen MR) is 70.8 cm³/mol. The van der Waals surface area contributed by atoms with Crippen LogP contribution in [0.15, 0.2) is 0 Å². The molecule has 2 heterocycles. The molecule has 0 aliphatic carbocycles. The fourth-order valence-corrected chi connectivity index (χ4v) is 3.68. The maximum Gasteiger partial charge on any atom is 0.317 e. The number of amides is 2. The third kappa shape index (κ3) is 2.91. The van der Waals surface area contributed by atoms with E-state index < -0.39 is 11.4 Å². The Bertz CT molecular complexity index is 344. The minimum atomic E-state index is -0.815. The van der Waals surface area contributed by atoms with Crippen LogP contribution in [-0.4, -0.2) is 53.1 Å². The van der Waals surface area contributed by atoms with Crippen molar-refractivity contribution in [2.24, 2.45) is 11.3 Å². The average Bonchev–Trinajstić information content (AvgIpc) is 2.95. The lowest BCUT2D eigenvalue weighted by molar-refractivity contribution is -0.146. The molecule has 102 valence electrons. The molecule has 2 saturated heterocycles. The standard InChI is InChI=1S/C12H20N2O3S/c1-12(10(15)16)3-4-14(8-12)11(17)13-6-9-2-5-18-7-9/h9H,2-8H2,1H3,(H,13,17)(H,15,16). The highest BCUT2D eigenvalue weighted by Gasteiger charge is 2.42. The van der Waals surface area contributed by atoms with Gasteiger partial charge in [-0.2, -0.15) is 11.8 Å². The van der Waals surface area contributed by atoms with Crippen molar-refractivity contribution in [3.8, 4) is 0 Å². The van der Waals surface area contributed by atoms with Gasteiger partial charge in [-0.3, -0.25) is 4.79 Å². The average molecular weight is 272 g/mol. The van der Waals surface area contributed by atoms with Crippen molar-refractivity contribution >= 4 is 23.8 Å². The molecule has 0 bridgehead atoms. The zero-order valence-corrected chi connectivity index (χ0v) is 11.5. The molecule has 18 heavy (non-hydrogen) atoms. The second kappa shape index (κ2) is 5.38. The van der Waals surface area contributed by atoms with E-state index in [0.717, 1.165) is 12.2 Å². The molecule has 5 nitrogen and oxygen atoms in total. The largest absolute Gasteiger partial charge is 0.481 e. The number of aliphatic carboxylic acids is 1. The van der Waals surface area contributed by atoms with E-state index in [1.807, 2.05) is 11.8 Å². The summed E-state index contributed by atoms with van der Waals surface area (Å²) in [6, 6.07) is -0.114. The molecule has 2 atom stereocenters. The summed E-state index contributed by atoms with van der Waals surface area (Å²) in [6.45, 7) is 3.27. The molecular weight excluding hydrogens is 252 g/mol. The Morgan fingerprint density at radius 3 is 2.89 bits per heavy atom. The Balaban J connectivity index is 1.78. The van der Waals surface area contributed by atoms with Gasteiger partial charge >= 0.3 is 12.0 Å². The lowest BCUT2D eigenvalue weighted by Crippen LogP contribution is -2.42. The molecule has 2 N–H and O–H groups in total. The van der Waals surface area contributed by atoms with Crippen LogP contribution in [0.25, 0.3) is 0 Å². The van der Waals surface area contributed by atoms with Gasteiger partial charge in [-0.15, -0.1) is 0 Å². The minimum absolute atomic E-state index is 0.114. The second-order valence-corrected chi connectivity index (χ2v) is 6.60. The summed E-state index contributed by atoms with van der Waals surface area (Å²) >= 11 is 1.93. The molecule has 2 aliphatic heterocycles. The SMILES string of the molecule is CC1(C(=O)O)CCN(C(=O)NCC2CCSC2)C1. The van der Waals surface area contributed by atoms with E-state index >= 15 is 0 Å². The molecule has 2 aliphatic rings. The number of carboxylic acid groups (broad SMARTS) is 1. The molecule has 0 radical (unpaired) electrons. The van der Waals surface area contributed by atoms with Gasteiger partial charge in [0.1, 0.15) is 0 Å². The fourth-order valence-electron chi connectivity index (χ4n) is 2.40. The van der Waals surface area contributed by atoms with Crippen LogP contribution in [-0.2, 0) is 4.79 Å². The smallest absolute Gasteiger partial charge is 0.317 e. The van der Waals surface area contributed by atoms with Gasteiger partial charge in [0, 0.05) is 19.6 Å². The number of carbonyl (C=O) groups excluding carboxylic acids is 1. The van der Waals surface area contributed by atoms with Gasteiger partial charge in [0.05, 0.1) is 5.41 Å². The van der Waals surface area contributed by atoms with Gasteiger partial charge in [0.2, 0.25) is 0 Å². The van der Waals surface area contributed by atoms with E-state index in [4.69, 9.17) is 5.11 Å². The van der Waals surface area contributed by atoms with Crippen molar-refractivity contribution in [3.63, 3.8) is 0 Å². The lowest BCUT2D eigenvalue weighted by Gasteiger charge is -2.21. The number of likely N-dealkylation sites (tertiary alicyclic amines) is 1. The summed E-state index contributed by atoms with van der Waals surface area (Å²) < 4.78 is 0. The molecule has 0 aromatic carbocycles. The molecule has 0 saturated carbocycles. The highest BCUT2D eigenvalue weighted by molar-refractivity contribution is 7.99. The number of rotatable bonds is 3. The summed E-state index contributed by atoms with van der Waals surface area (Å²) in [5.74, 6) is 2.06. The number of carboxylic acids is 1. The van der Waals surface area contributed by atoms with Crippen molar-refractivity contribution in [2.45, 2.75) is 19.8 Å². The van der Waals surface area contributed by atoms with Crippen LogP contribution < -0.4 is 5.32 Å². The maximum absolute atomic E-state index is 11.9. The first-order valence-corrected chi connectivity index (χ1v) is 7.51. The Kier molecular flexibility index (Phi) is 4.04. The molecule has 0 spiro atoms. The number of urea groups is 1. The molecule has 0 aromatic heterocycles. The van der Waals surface area contributed by atoms with E-state index in [9.17, 15) is 9.59 Å². The van der Waals surface area contributed by atoms with Gasteiger partial charge < -0.3 is 15.3 Å². The topological polar surface area (TPSA) is 69.6 Å². The summed E-state index contributed by atoms with van der Waals surface area (Å²) in [4.78, 5) is 24.6. The molecule has 0 aromatic rings. The fraction of sp³-hybridized carbons (Fsp3) is 0.833. The van der Waals surface area contributed by atoms with Crippen LogP contribution in [0.3, 0.4) is 0 Å². The van der Waals surface area contributed by atoms with Crippen LogP contribution >= 0.6 is 11.8 Å². The predicted octanol–water partition coefficient (Wildman–Crippen LogP) is 1.25. The zero-order chi connectivity index (χ0) is 13.2. The summed E-state index contributed by atoms with van der Waals surface area (Å²) in [5, 5.41) is 12.0. The first-order valence-electron chi connectivity index (χ1n) is 6.35. The number of nitrogens with one attached hydrogen (secondary N) is 1. The first kappa shape index (κ1) is 13.5. The Morgan fingerprint density at radius 2 is 2.33 bits per heavy atom. The normalized spacial score (nSPS) is 31.6. The van der Waals surface area contributed by atoms with Gasteiger partial charge in [0.25, 0.3) is 0 Å². The number of nitrogens with zero attached hydrogens (tertiary/aromatic N) is 1. The third-order valence-electron chi connectivity index (χ3n) is 3.84. The number of thioether (sulfide) groups is 1. The summed E-state index contributed by atoms with van der Waals surface area (Å²) in [7, 11) is 0. The van der Waals surface area contributed by atoms with Gasteiger partial charge in [0.15, 0.2) is 0 Å². The van der Waals surface area contributed by atoms with Crippen molar-refractivity contribution < 1.29 is 14.7 Å². The van der Waals surface area contributed by atoms with E-state index in [2.05, 4.69) is 5.32 Å². The summed E-state index contributed by atoms with van der Waals surface area (Å²) in [6.07, 6.45) is 1.70. The van der Waals surface area contributed by atoms with Crippen LogP contribution in [0.4, 0.5) is 4.79 Å². The van der Waals surface area contributed by atoms with E-state index in [1.165, 1.54) is 5.75 Å². The van der Waals surface area contributed by atoms with Crippen LogP contribution in [0.1, 0.15) is 19.8 Å². The third-order valence-corrected chi connectivity index (χ3v) is 5.07. The van der Waals surface area contributed by atoms with Gasteiger partial charge in [-0.1, -0.05) is 0 Å². The molecule has 2 fully saturated rings. The van der Waals surface area contributed by atoms with Gasteiger partial charge in [-0.25, -0.2) is 4.79 Å². The van der Waals surface area contributed by atoms with E-state index in [-0.39, 0.29) is 6.03 Å². The maximum atomic E-state index is 11.9. The second-order valence-electron chi connectivity index (χ2n) is 5.45. The number of hydrogen-bond donors (Lipinski definition) is 2. The Labute approximate surface area is 111 Å². The number of carbonyl (C=O) groups is 2. The van der Waals surface area contributed by atoms with Crippen molar-refractivity contribution in [1.82, 2.24) is 10.2 Å². The summed E-state index contributed by atoms with van der Waals surface area (Å²) in [5.41, 5.74) is -0.777. The Morgan fingerprint density at radius 1 is 1.56 bits per heavy atom. The molecule has 2 unspecified atom stereocenters. The molecule has 6 heteroatoms. The minimum Gasteiger partial charge on any atom is -0.481 e. The van der Waals surface area contributed by atoms with Crippen molar-refractivity contribution in [2.75, 3.05) is 31.1 Å². The Hall–Kier alpha value is -0.910. The lowest BCUT2D eigenvalue weighted by atomic mass is 9.90. The zero-order valence-electron chi connectivity index (χ0n) is 10.6. The highest BCUT2D eigenvalue weighted by atomic mass is 32.2. The molecule has 2 amide bonds. The van der Waals surface area contributed by atoms with E-state index in [0.29, 0.717) is 32.0 Å². The van der Waals surface area contributed by atoms with E-state index in [1.54, 1.807) is 11.8 Å². The quantitative estimate of drug-likeness (QED) is 0.811. The molecule has 2 rings (SSSR count). The van der Waals surface area contributed by atoms with Gasteiger partial charge in [-0.05, 0) is 37.2 Å². The van der Waals surface area contributed by atoms with Crippen LogP contribution in [0.5, 0.6) is 0 Å². The van der Waals surface area contributed by atoms with Crippen LogP contribution in [0, 0.1) is 11.3 Å².